The van der Waals surface area contributed by atoms with E-state index in [4.69, 9.17) is 9.97 Å². The van der Waals surface area contributed by atoms with Crippen LogP contribution in [-0.4, -0.2) is 21.5 Å². The van der Waals surface area contributed by atoms with Gasteiger partial charge >= 0.3 is 0 Å². The first-order chi connectivity index (χ1) is 10.3. The maximum Gasteiger partial charge on any atom is 0.160 e. The van der Waals surface area contributed by atoms with Crippen LogP contribution in [-0.2, 0) is 25.8 Å². The highest BCUT2D eigenvalue weighted by Crippen LogP contribution is 2.24. The van der Waals surface area contributed by atoms with E-state index in [1.165, 1.54) is 22.5 Å². The molecule has 1 aliphatic rings. The van der Waals surface area contributed by atoms with Gasteiger partial charge in [0.1, 0.15) is 0 Å². The van der Waals surface area contributed by atoms with E-state index < -0.39 is 0 Å². The van der Waals surface area contributed by atoms with Gasteiger partial charge in [-0.15, -0.1) is 0 Å². The van der Waals surface area contributed by atoms with Crippen LogP contribution < -0.4 is 5.32 Å². The Balaban J connectivity index is 2.12. The average Bonchev–Trinajstić information content (AvgIpc) is 2.55. The van der Waals surface area contributed by atoms with Gasteiger partial charge in [-0.2, -0.15) is 0 Å². The highest BCUT2D eigenvalue weighted by molar-refractivity contribution is 5.60. The molecule has 0 amide bonds. The first kappa shape index (κ1) is 14.1. The topological polar surface area (TPSA) is 50.7 Å². The molecule has 110 valence electrons. The van der Waals surface area contributed by atoms with Crippen LogP contribution in [0.3, 0.4) is 0 Å². The zero-order valence-electron chi connectivity index (χ0n) is 12.8. The summed E-state index contributed by atoms with van der Waals surface area (Å²) in [6.45, 7) is 6.24. The van der Waals surface area contributed by atoms with Gasteiger partial charge in [0.05, 0.1) is 5.69 Å². The zero-order chi connectivity index (χ0) is 14.7. The molecule has 0 bridgehead atoms. The molecule has 0 saturated heterocycles. The zero-order valence-corrected chi connectivity index (χ0v) is 12.8. The van der Waals surface area contributed by atoms with Gasteiger partial charge in [-0.1, -0.05) is 20.3 Å². The fourth-order valence-electron chi connectivity index (χ4n) is 2.93. The molecule has 21 heavy (non-hydrogen) atoms. The molecule has 4 heteroatoms. The van der Waals surface area contributed by atoms with Crippen molar-refractivity contribution in [3.8, 4) is 11.4 Å². The third kappa shape index (κ3) is 2.81. The Bertz CT molecular complexity index is 637. The van der Waals surface area contributed by atoms with Gasteiger partial charge in [0, 0.05) is 30.2 Å². The Morgan fingerprint density at radius 3 is 2.95 bits per heavy atom. The van der Waals surface area contributed by atoms with Crippen molar-refractivity contribution >= 4 is 0 Å². The number of hydrogen-bond acceptors (Lipinski definition) is 4. The van der Waals surface area contributed by atoms with Crippen molar-refractivity contribution < 1.29 is 0 Å². The summed E-state index contributed by atoms with van der Waals surface area (Å²) in [7, 11) is 0. The van der Waals surface area contributed by atoms with Gasteiger partial charge in [0.15, 0.2) is 5.82 Å². The molecule has 4 nitrogen and oxygen atoms in total. The summed E-state index contributed by atoms with van der Waals surface area (Å²) in [4.78, 5) is 13.9. The van der Waals surface area contributed by atoms with E-state index in [1.54, 1.807) is 0 Å². The maximum atomic E-state index is 4.89. The monoisotopic (exact) mass is 282 g/mol. The number of rotatable bonds is 4. The molecule has 0 atom stereocenters. The number of nitrogens with zero attached hydrogens (tertiary/aromatic N) is 3. The molecule has 0 aliphatic carbocycles. The fourth-order valence-corrected chi connectivity index (χ4v) is 2.93. The minimum absolute atomic E-state index is 0.855. The summed E-state index contributed by atoms with van der Waals surface area (Å²) >= 11 is 0. The summed E-state index contributed by atoms with van der Waals surface area (Å²) in [5, 5.41) is 3.41. The highest BCUT2D eigenvalue weighted by Gasteiger charge is 2.18. The SMILES string of the molecule is CCCc1nc(-c2ccncc2CC)nc2c1CCNC2. The van der Waals surface area contributed by atoms with Crippen LogP contribution in [0.2, 0.25) is 0 Å². The number of aromatic nitrogens is 3. The van der Waals surface area contributed by atoms with E-state index in [-0.39, 0.29) is 0 Å². The quantitative estimate of drug-likeness (QED) is 0.936. The van der Waals surface area contributed by atoms with Gasteiger partial charge in [0.25, 0.3) is 0 Å². The van der Waals surface area contributed by atoms with Crippen molar-refractivity contribution in [3.63, 3.8) is 0 Å². The van der Waals surface area contributed by atoms with Gasteiger partial charge in [-0.05, 0) is 43.0 Å². The number of fused-ring (bicyclic) bond motifs is 1. The highest BCUT2D eigenvalue weighted by atomic mass is 15.0. The molecule has 3 rings (SSSR count). The van der Waals surface area contributed by atoms with Gasteiger partial charge < -0.3 is 5.32 Å². The Kier molecular flexibility index (Phi) is 4.25. The third-order valence-corrected chi connectivity index (χ3v) is 4.03. The van der Waals surface area contributed by atoms with Crippen LogP contribution in [0.1, 0.15) is 42.8 Å². The number of hydrogen-bond donors (Lipinski definition) is 1. The maximum absolute atomic E-state index is 4.89. The molecule has 0 aromatic carbocycles. The number of nitrogens with one attached hydrogen (secondary N) is 1. The Morgan fingerprint density at radius 2 is 2.14 bits per heavy atom. The van der Waals surface area contributed by atoms with Gasteiger partial charge in [-0.3, -0.25) is 4.98 Å². The predicted molar refractivity (Wildman–Crippen MR) is 84.0 cm³/mol. The standard InChI is InChI=1S/C17H22N4/c1-3-5-15-14-7-9-19-11-16(14)21-17(20-15)13-6-8-18-10-12(13)4-2/h6,8,10,19H,3-5,7,9,11H2,1-2H3. The van der Waals surface area contributed by atoms with Gasteiger partial charge in [0.2, 0.25) is 0 Å². The predicted octanol–water partition coefficient (Wildman–Crippen LogP) is 2.70. The summed E-state index contributed by atoms with van der Waals surface area (Å²) in [6, 6.07) is 2.03. The van der Waals surface area contributed by atoms with Crippen molar-refractivity contribution in [2.75, 3.05) is 6.54 Å². The summed E-state index contributed by atoms with van der Waals surface area (Å²) in [6.07, 6.45) is 7.90. The third-order valence-electron chi connectivity index (χ3n) is 4.03. The molecular formula is C17H22N4. The molecule has 1 aliphatic heterocycles. The minimum atomic E-state index is 0.855. The van der Waals surface area contributed by atoms with E-state index in [0.717, 1.165) is 50.2 Å². The number of pyridine rings is 1. The van der Waals surface area contributed by atoms with Crippen LogP contribution in [0, 0.1) is 0 Å². The van der Waals surface area contributed by atoms with E-state index >= 15 is 0 Å². The molecule has 2 aromatic rings. The van der Waals surface area contributed by atoms with Crippen molar-refractivity contribution in [1.82, 2.24) is 20.3 Å². The lowest BCUT2D eigenvalue weighted by molar-refractivity contribution is 0.614. The van der Waals surface area contributed by atoms with Crippen LogP contribution in [0.15, 0.2) is 18.5 Å². The number of aryl methyl sites for hydroxylation is 2. The largest absolute Gasteiger partial charge is 0.311 e. The Hall–Kier alpha value is -1.81. The molecule has 2 aromatic heterocycles. The first-order valence-electron chi connectivity index (χ1n) is 7.86. The molecule has 0 unspecified atom stereocenters. The van der Waals surface area contributed by atoms with E-state index in [2.05, 4.69) is 24.1 Å². The second-order valence-corrected chi connectivity index (χ2v) is 5.48. The lowest BCUT2D eigenvalue weighted by Crippen LogP contribution is -2.26. The molecule has 0 fully saturated rings. The molecule has 3 heterocycles. The van der Waals surface area contributed by atoms with Crippen LogP contribution in [0.4, 0.5) is 0 Å². The second kappa shape index (κ2) is 6.31. The molecule has 0 saturated carbocycles. The summed E-state index contributed by atoms with van der Waals surface area (Å²) < 4.78 is 0. The Labute approximate surface area is 126 Å². The fraction of sp³-hybridized carbons (Fsp3) is 0.471. The second-order valence-electron chi connectivity index (χ2n) is 5.48. The Morgan fingerprint density at radius 1 is 1.24 bits per heavy atom. The lowest BCUT2D eigenvalue weighted by atomic mass is 10.0. The molecule has 0 spiro atoms. The summed E-state index contributed by atoms with van der Waals surface area (Å²) in [5.74, 6) is 0.861. The van der Waals surface area contributed by atoms with E-state index in [1.807, 2.05) is 18.5 Å². The smallest absolute Gasteiger partial charge is 0.160 e. The van der Waals surface area contributed by atoms with E-state index in [0.29, 0.717) is 0 Å². The summed E-state index contributed by atoms with van der Waals surface area (Å²) in [5.41, 5.74) is 6.11. The molecule has 0 radical (unpaired) electrons. The molecule has 1 N–H and O–H groups in total. The van der Waals surface area contributed by atoms with Crippen molar-refractivity contribution in [1.29, 1.82) is 0 Å². The normalized spacial score (nSPS) is 14.0. The van der Waals surface area contributed by atoms with E-state index in [9.17, 15) is 0 Å². The lowest BCUT2D eigenvalue weighted by Gasteiger charge is -2.20. The van der Waals surface area contributed by atoms with Crippen LogP contribution >= 0.6 is 0 Å². The van der Waals surface area contributed by atoms with Crippen LogP contribution in [0.25, 0.3) is 11.4 Å². The average molecular weight is 282 g/mol. The van der Waals surface area contributed by atoms with Crippen molar-refractivity contribution in [2.24, 2.45) is 0 Å². The van der Waals surface area contributed by atoms with Crippen molar-refractivity contribution in [2.45, 2.75) is 46.1 Å². The molecular weight excluding hydrogens is 260 g/mol. The van der Waals surface area contributed by atoms with Gasteiger partial charge in [-0.25, -0.2) is 9.97 Å². The first-order valence-corrected chi connectivity index (χ1v) is 7.86. The van der Waals surface area contributed by atoms with Crippen molar-refractivity contribution in [3.05, 3.63) is 41.0 Å². The minimum Gasteiger partial charge on any atom is -0.311 e. The van der Waals surface area contributed by atoms with Crippen LogP contribution in [0.5, 0.6) is 0 Å².